The minimum Gasteiger partial charge on any atom is -0.464 e. The minimum absolute atomic E-state index is 0. The van der Waals surface area contributed by atoms with E-state index in [0.29, 0.717) is 0 Å². The fourth-order valence-corrected chi connectivity index (χ4v) is 0.509. The van der Waals surface area contributed by atoms with Crippen LogP contribution in [0, 0.1) is 0 Å². The van der Waals surface area contributed by atoms with Gasteiger partial charge in [-0.25, -0.2) is 9.78 Å². The number of methoxy groups -OCH3 is 1. The maximum Gasteiger partial charge on any atom is 0.358 e. The Bertz CT molecular complexity index is 227. The number of hydrogen-bond donors (Lipinski definition) is 0. The highest BCUT2D eigenvalue weighted by Crippen LogP contribution is 1.91. The van der Waals surface area contributed by atoms with Gasteiger partial charge in [-0.15, -0.1) is 12.4 Å². The Morgan fingerprint density at radius 1 is 1.55 bits per heavy atom. The molecule has 4 nitrogen and oxygen atoms in total. The summed E-state index contributed by atoms with van der Waals surface area (Å²) in [6, 6.07) is 0. The van der Waals surface area contributed by atoms with Gasteiger partial charge in [0.15, 0.2) is 5.69 Å². The van der Waals surface area contributed by atoms with Gasteiger partial charge in [0.25, 0.3) is 0 Å². The first-order valence-electron chi connectivity index (χ1n) is 2.69. The smallest absolute Gasteiger partial charge is 0.358 e. The van der Waals surface area contributed by atoms with Gasteiger partial charge in [0.1, 0.15) is 0 Å². The van der Waals surface area contributed by atoms with Crippen LogP contribution >= 0.6 is 12.4 Å². The molecule has 0 atom stereocenters. The molecule has 1 heterocycles. The van der Waals surface area contributed by atoms with E-state index in [1.165, 1.54) is 25.7 Å². The van der Waals surface area contributed by atoms with E-state index in [9.17, 15) is 4.79 Å². The number of hydrogen-bond acceptors (Lipinski definition) is 4. The summed E-state index contributed by atoms with van der Waals surface area (Å²) in [6.45, 7) is 0. The Labute approximate surface area is 70.0 Å². The molecule has 0 fully saturated rings. The van der Waals surface area contributed by atoms with Crippen LogP contribution in [0.2, 0.25) is 0 Å². The summed E-state index contributed by atoms with van der Waals surface area (Å²) in [5.41, 5.74) is 0.227. The normalized spacial score (nSPS) is 8.09. The Kier molecular flexibility index (Phi) is 4.14. The van der Waals surface area contributed by atoms with Crippen molar-refractivity contribution >= 4 is 18.4 Å². The van der Waals surface area contributed by atoms with E-state index in [2.05, 4.69) is 14.7 Å². The first-order valence-corrected chi connectivity index (χ1v) is 2.69. The second-order valence-corrected chi connectivity index (χ2v) is 1.58. The van der Waals surface area contributed by atoms with Crippen LogP contribution in [0.25, 0.3) is 0 Å². The van der Waals surface area contributed by atoms with Gasteiger partial charge in [-0.3, -0.25) is 4.98 Å². The molecule has 1 rings (SSSR count). The second kappa shape index (κ2) is 4.62. The molecule has 0 radical (unpaired) electrons. The maximum absolute atomic E-state index is 10.7. The zero-order chi connectivity index (χ0) is 7.40. The Morgan fingerprint density at radius 3 is 2.73 bits per heavy atom. The average Bonchev–Trinajstić information content (AvgIpc) is 2.05. The number of carbonyl (C=O) groups excluding carboxylic acids is 1. The molecule has 0 N–H and O–H groups in total. The van der Waals surface area contributed by atoms with Crippen LogP contribution in [0.4, 0.5) is 0 Å². The molecular formula is C6H7ClN2O2. The van der Waals surface area contributed by atoms with Crippen molar-refractivity contribution in [3.05, 3.63) is 24.3 Å². The lowest BCUT2D eigenvalue weighted by atomic mass is 10.5. The topological polar surface area (TPSA) is 52.1 Å². The third-order valence-corrected chi connectivity index (χ3v) is 0.958. The van der Waals surface area contributed by atoms with Crippen LogP contribution < -0.4 is 0 Å². The van der Waals surface area contributed by atoms with Gasteiger partial charge in [0.05, 0.1) is 13.3 Å². The second-order valence-electron chi connectivity index (χ2n) is 1.58. The van der Waals surface area contributed by atoms with Gasteiger partial charge < -0.3 is 4.74 Å². The zero-order valence-corrected chi connectivity index (χ0v) is 6.67. The van der Waals surface area contributed by atoms with E-state index in [-0.39, 0.29) is 18.1 Å². The first-order chi connectivity index (χ1) is 4.84. The van der Waals surface area contributed by atoms with E-state index in [4.69, 9.17) is 0 Å². The van der Waals surface area contributed by atoms with Crippen LogP contribution in [0.15, 0.2) is 18.6 Å². The number of halogens is 1. The molecule has 0 spiro atoms. The van der Waals surface area contributed by atoms with Crippen LogP contribution in [-0.4, -0.2) is 23.0 Å². The van der Waals surface area contributed by atoms with Gasteiger partial charge in [-0.2, -0.15) is 0 Å². The summed E-state index contributed by atoms with van der Waals surface area (Å²) in [5, 5.41) is 0. The molecule has 0 amide bonds. The van der Waals surface area contributed by atoms with Crippen LogP contribution in [0.5, 0.6) is 0 Å². The summed E-state index contributed by atoms with van der Waals surface area (Å²) in [4.78, 5) is 18.1. The molecule has 0 aliphatic heterocycles. The summed E-state index contributed by atoms with van der Waals surface area (Å²) >= 11 is 0. The largest absolute Gasteiger partial charge is 0.464 e. The van der Waals surface area contributed by atoms with Crippen molar-refractivity contribution in [3.63, 3.8) is 0 Å². The fourth-order valence-electron chi connectivity index (χ4n) is 0.509. The van der Waals surface area contributed by atoms with Crippen molar-refractivity contribution in [2.24, 2.45) is 0 Å². The third kappa shape index (κ3) is 2.51. The van der Waals surface area contributed by atoms with Gasteiger partial charge in [-0.05, 0) is 0 Å². The number of carbonyl (C=O) groups is 1. The van der Waals surface area contributed by atoms with E-state index < -0.39 is 5.97 Å². The molecule has 1 aromatic rings. The van der Waals surface area contributed by atoms with E-state index >= 15 is 0 Å². The molecule has 0 aliphatic rings. The molecule has 0 saturated carbocycles. The average molecular weight is 175 g/mol. The number of rotatable bonds is 1. The van der Waals surface area contributed by atoms with E-state index in [1.807, 2.05) is 0 Å². The molecule has 5 heteroatoms. The van der Waals surface area contributed by atoms with Crippen LogP contribution in [0.3, 0.4) is 0 Å². The van der Waals surface area contributed by atoms with Crippen LogP contribution in [0.1, 0.15) is 10.5 Å². The molecule has 0 unspecified atom stereocenters. The van der Waals surface area contributed by atoms with Crippen molar-refractivity contribution in [1.29, 1.82) is 0 Å². The SMILES string of the molecule is COC(=O)c1cnccn1.Cl. The zero-order valence-electron chi connectivity index (χ0n) is 5.85. The van der Waals surface area contributed by atoms with E-state index in [0.717, 1.165) is 0 Å². The number of ether oxygens (including phenoxy) is 1. The van der Waals surface area contributed by atoms with Crippen molar-refractivity contribution in [2.45, 2.75) is 0 Å². The lowest BCUT2D eigenvalue weighted by Gasteiger charge is -1.93. The Morgan fingerprint density at radius 2 is 2.27 bits per heavy atom. The fraction of sp³-hybridized carbons (Fsp3) is 0.167. The summed E-state index contributed by atoms with van der Waals surface area (Å²) in [7, 11) is 1.30. The maximum atomic E-state index is 10.7. The first kappa shape index (κ1) is 9.84. The molecule has 11 heavy (non-hydrogen) atoms. The Hall–Kier alpha value is -1.16. The van der Waals surface area contributed by atoms with Gasteiger partial charge in [0, 0.05) is 12.4 Å². The van der Waals surface area contributed by atoms with Crippen molar-refractivity contribution in [3.8, 4) is 0 Å². The van der Waals surface area contributed by atoms with Crippen LogP contribution in [-0.2, 0) is 4.74 Å². The Balaban J connectivity index is 0.000001000. The standard InChI is InChI=1S/C6H6N2O2.ClH/c1-10-6(9)5-4-7-2-3-8-5;/h2-4H,1H3;1H. The molecule has 0 aromatic carbocycles. The summed E-state index contributed by atoms with van der Waals surface area (Å²) < 4.78 is 4.39. The van der Waals surface area contributed by atoms with Gasteiger partial charge >= 0.3 is 5.97 Å². The van der Waals surface area contributed by atoms with E-state index in [1.54, 1.807) is 0 Å². The number of aromatic nitrogens is 2. The molecule has 1 aromatic heterocycles. The highest BCUT2D eigenvalue weighted by molar-refractivity contribution is 5.86. The van der Waals surface area contributed by atoms with Crippen molar-refractivity contribution < 1.29 is 9.53 Å². The number of esters is 1. The lowest BCUT2D eigenvalue weighted by Crippen LogP contribution is -2.03. The quantitative estimate of drug-likeness (QED) is 0.588. The monoisotopic (exact) mass is 174 g/mol. The molecule has 0 aliphatic carbocycles. The predicted octanol–water partition coefficient (Wildman–Crippen LogP) is 0.685. The van der Waals surface area contributed by atoms with Crippen molar-refractivity contribution in [2.75, 3.05) is 7.11 Å². The molecule has 0 saturated heterocycles. The molecule has 0 bridgehead atoms. The number of nitrogens with zero attached hydrogens (tertiary/aromatic N) is 2. The summed E-state index contributed by atoms with van der Waals surface area (Å²) in [5.74, 6) is -0.465. The lowest BCUT2D eigenvalue weighted by molar-refractivity contribution is 0.0593. The third-order valence-electron chi connectivity index (χ3n) is 0.958. The summed E-state index contributed by atoms with van der Waals surface area (Å²) in [6.07, 6.45) is 4.28. The molecular weight excluding hydrogens is 168 g/mol. The highest BCUT2D eigenvalue weighted by Gasteiger charge is 2.03. The molecule has 60 valence electrons. The van der Waals surface area contributed by atoms with Gasteiger partial charge in [0.2, 0.25) is 0 Å². The van der Waals surface area contributed by atoms with Crippen molar-refractivity contribution in [1.82, 2.24) is 9.97 Å². The predicted molar refractivity (Wildman–Crippen MR) is 40.6 cm³/mol. The highest BCUT2D eigenvalue weighted by atomic mass is 35.5. The minimum atomic E-state index is -0.465. The van der Waals surface area contributed by atoms with Gasteiger partial charge in [-0.1, -0.05) is 0 Å².